The Hall–Kier alpha value is -3.96. The molecule has 1 aromatic carbocycles. The van der Waals surface area contributed by atoms with Crippen molar-refractivity contribution in [3.05, 3.63) is 28.8 Å². The summed E-state index contributed by atoms with van der Waals surface area (Å²) in [5, 5.41) is 12.5. The Morgan fingerprint density at radius 2 is 1.74 bits per heavy atom. The maximum Gasteiger partial charge on any atom is 0.289 e. The molecule has 3 N–H and O–H groups in total. The van der Waals surface area contributed by atoms with Gasteiger partial charge in [-0.25, -0.2) is 0 Å². The topological polar surface area (TPSA) is 156 Å². The molecule has 4 atom stereocenters. The molecule has 1 spiro atoms. The van der Waals surface area contributed by atoms with Gasteiger partial charge in [-0.15, -0.1) is 0 Å². The van der Waals surface area contributed by atoms with Gasteiger partial charge >= 0.3 is 0 Å². The van der Waals surface area contributed by atoms with E-state index in [-0.39, 0.29) is 25.3 Å². The number of hydrogen-bond acceptors (Lipinski definition) is 8. The highest BCUT2D eigenvalue weighted by Gasteiger charge is 2.56. The quantitative estimate of drug-likeness (QED) is 0.315. The molecule has 0 bridgehead atoms. The molecule has 2 heterocycles. The molecule has 1 aromatic rings. The number of likely N-dealkylation sites (N-methyl/N-ethyl adjacent to an activating group) is 1. The van der Waals surface area contributed by atoms with Crippen LogP contribution in [0.1, 0.15) is 89.8 Å². The summed E-state index contributed by atoms with van der Waals surface area (Å²) < 4.78 is 5.52. The van der Waals surface area contributed by atoms with E-state index in [1.54, 1.807) is 7.11 Å². The third-order valence-corrected chi connectivity index (χ3v) is 9.42. The SMILES string of the molecule is CCC[C@H](NC(=O)[C@@H]1C[C@]2(CC(c3cc(C)c(OC)c(C)c3)=NO2)CN1C(=O)[C@@H](NC(=O)C1(C)CC1)C(C)(C)C)C(=O)C(=O)NC. The number of rotatable bonds is 11. The van der Waals surface area contributed by atoms with Gasteiger partial charge in [-0.3, -0.25) is 24.0 Å². The lowest BCUT2D eigenvalue weighted by Gasteiger charge is -2.36. The first-order valence-corrected chi connectivity index (χ1v) is 16.1. The van der Waals surface area contributed by atoms with Gasteiger partial charge in [0.2, 0.25) is 23.5 Å². The molecule has 3 aliphatic rings. The molecular weight excluding hydrogens is 590 g/mol. The van der Waals surface area contributed by atoms with Gasteiger partial charge in [0.1, 0.15) is 17.8 Å². The average Bonchev–Trinajstić information content (AvgIpc) is 3.44. The number of nitrogens with zero attached hydrogens (tertiary/aromatic N) is 2. The number of methoxy groups -OCH3 is 1. The fraction of sp³-hybridized carbons (Fsp3) is 0.647. The minimum Gasteiger partial charge on any atom is -0.496 e. The molecule has 1 saturated carbocycles. The number of nitrogens with one attached hydrogen (secondary N) is 3. The first-order valence-electron chi connectivity index (χ1n) is 16.1. The Morgan fingerprint density at radius 3 is 2.26 bits per heavy atom. The number of carbonyl (C=O) groups excluding carboxylic acids is 5. The van der Waals surface area contributed by atoms with Crippen molar-refractivity contribution in [2.75, 3.05) is 20.7 Å². The molecule has 46 heavy (non-hydrogen) atoms. The van der Waals surface area contributed by atoms with Crippen molar-refractivity contribution in [2.24, 2.45) is 16.0 Å². The lowest BCUT2D eigenvalue weighted by Crippen LogP contribution is -2.59. The number of ether oxygens (including phenoxy) is 1. The Labute approximate surface area is 271 Å². The normalized spacial score (nSPS) is 22.8. The molecule has 4 amide bonds. The van der Waals surface area contributed by atoms with Crippen LogP contribution in [0.2, 0.25) is 0 Å². The highest BCUT2D eigenvalue weighted by molar-refractivity contribution is 6.38. The van der Waals surface area contributed by atoms with Crippen molar-refractivity contribution in [3.63, 3.8) is 0 Å². The predicted octanol–water partition coefficient (Wildman–Crippen LogP) is 2.71. The van der Waals surface area contributed by atoms with Crippen molar-refractivity contribution in [1.29, 1.82) is 0 Å². The molecule has 12 nitrogen and oxygen atoms in total. The average molecular weight is 640 g/mol. The second kappa shape index (κ2) is 13.0. The Balaban J connectivity index is 1.66. The van der Waals surface area contributed by atoms with Gasteiger partial charge in [0.25, 0.3) is 5.91 Å². The molecule has 0 unspecified atom stereocenters. The van der Waals surface area contributed by atoms with Crippen molar-refractivity contribution < 1.29 is 33.5 Å². The van der Waals surface area contributed by atoms with Gasteiger partial charge in [-0.05, 0) is 61.8 Å². The molecular formula is C34H49N5O7. The van der Waals surface area contributed by atoms with E-state index in [0.29, 0.717) is 18.6 Å². The van der Waals surface area contributed by atoms with Gasteiger partial charge in [0.15, 0.2) is 5.60 Å². The first-order chi connectivity index (χ1) is 21.5. The Kier molecular flexibility index (Phi) is 9.89. The van der Waals surface area contributed by atoms with Crippen LogP contribution >= 0.6 is 0 Å². The molecule has 4 rings (SSSR count). The van der Waals surface area contributed by atoms with Crippen molar-refractivity contribution in [2.45, 2.75) is 111 Å². The van der Waals surface area contributed by atoms with Crippen LogP contribution in [0.5, 0.6) is 5.75 Å². The zero-order valence-corrected chi connectivity index (χ0v) is 28.6. The van der Waals surface area contributed by atoms with Crippen molar-refractivity contribution in [1.82, 2.24) is 20.9 Å². The van der Waals surface area contributed by atoms with Crippen LogP contribution in [0.25, 0.3) is 0 Å². The van der Waals surface area contributed by atoms with Gasteiger partial charge in [0.05, 0.1) is 25.4 Å². The van der Waals surface area contributed by atoms with E-state index >= 15 is 0 Å². The molecule has 252 valence electrons. The third kappa shape index (κ3) is 7.05. The van der Waals surface area contributed by atoms with E-state index in [2.05, 4.69) is 21.1 Å². The molecule has 1 aliphatic carbocycles. The summed E-state index contributed by atoms with van der Waals surface area (Å²) in [6.45, 7) is 13.3. The third-order valence-electron chi connectivity index (χ3n) is 9.42. The largest absolute Gasteiger partial charge is 0.496 e. The number of ketones is 1. The smallest absolute Gasteiger partial charge is 0.289 e. The number of carbonyl (C=O) groups is 5. The fourth-order valence-corrected chi connectivity index (χ4v) is 6.36. The van der Waals surface area contributed by atoms with Crippen LogP contribution in [0.4, 0.5) is 0 Å². The summed E-state index contributed by atoms with van der Waals surface area (Å²) in [6, 6.07) is 0.934. The lowest BCUT2D eigenvalue weighted by atomic mass is 9.85. The van der Waals surface area contributed by atoms with Gasteiger partial charge in [-0.2, -0.15) is 0 Å². The van der Waals surface area contributed by atoms with Crippen molar-refractivity contribution >= 4 is 35.1 Å². The Bertz CT molecular complexity index is 1420. The number of likely N-dealkylation sites (tertiary alicyclic amines) is 1. The molecule has 0 aromatic heterocycles. The second-order valence-electron chi connectivity index (χ2n) is 14.4. The number of benzene rings is 1. The molecule has 2 fully saturated rings. The van der Waals surface area contributed by atoms with Crippen LogP contribution in [0.15, 0.2) is 17.3 Å². The zero-order valence-electron chi connectivity index (χ0n) is 28.6. The lowest BCUT2D eigenvalue weighted by molar-refractivity contribution is -0.145. The van der Waals surface area contributed by atoms with Crippen LogP contribution in [0.3, 0.4) is 0 Å². The first kappa shape index (κ1) is 34.9. The van der Waals surface area contributed by atoms with E-state index in [4.69, 9.17) is 9.57 Å². The molecule has 1 saturated heterocycles. The number of oxime groups is 1. The minimum atomic E-state index is -1.06. The van der Waals surface area contributed by atoms with E-state index in [0.717, 1.165) is 35.3 Å². The number of hydrogen-bond donors (Lipinski definition) is 3. The Morgan fingerprint density at radius 1 is 1.11 bits per heavy atom. The number of aryl methyl sites for hydroxylation is 2. The number of amides is 4. The van der Waals surface area contributed by atoms with E-state index in [1.165, 1.54) is 11.9 Å². The van der Waals surface area contributed by atoms with Crippen LogP contribution < -0.4 is 20.7 Å². The van der Waals surface area contributed by atoms with E-state index in [9.17, 15) is 24.0 Å². The number of Topliss-reactive ketones (excluding diaryl/α,β-unsaturated/α-hetero) is 1. The molecule has 2 aliphatic heterocycles. The van der Waals surface area contributed by atoms with E-state index < -0.39 is 58.1 Å². The summed E-state index contributed by atoms with van der Waals surface area (Å²) >= 11 is 0. The van der Waals surface area contributed by atoms with Crippen molar-refractivity contribution in [3.8, 4) is 5.75 Å². The predicted molar refractivity (Wildman–Crippen MR) is 172 cm³/mol. The fourth-order valence-electron chi connectivity index (χ4n) is 6.36. The summed E-state index contributed by atoms with van der Waals surface area (Å²) in [5.41, 5.74) is 1.24. The molecule has 0 radical (unpaired) electrons. The highest BCUT2D eigenvalue weighted by Crippen LogP contribution is 2.46. The maximum absolute atomic E-state index is 14.4. The van der Waals surface area contributed by atoms with Gasteiger partial charge < -0.3 is 30.4 Å². The monoisotopic (exact) mass is 639 g/mol. The van der Waals surface area contributed by atoms with Crippen LogP contribution in [-0.2, 0) is 28.8 Å². The van der Waals surface area contributed by atoms with E-state index in [1.807, 2.05) is 60.6 Å². The highest BCUT2D eigenvalue weighted by atomic mass is 16.7. The zero-order chi connectivity index (χ0) is 34.2. The van der Waals surface area contributed by atoms with Crippen LogP contribution in [-0.4, -0.2) is 84.5 Å². The molecule has 12 heteroatoms. The minimum absolute atomic E-state index is 0.0482. The van der Waals surface area contributed by atoms with Gasteiger partial charge in [0, 0.05) is 30.9 Å². The summed E-state index contributed by atoms with van der Waals surface area (Å²) in [5.74, 6) is -1.95. The second-order valence-corrected chi connectivity index (χ2v) is 14.4. The summed E-state index contributed by atoms with van der Waals surface area (Å²) in [4.78, 5) is 74.2. The maximum atomic E-state index is 14.4. The summed E-state index contributed by atoms with van der Waals surface area (Å²) in [6.07, 6.45) is 2.75. The summed E-state index contributed by atoms with van der Waals surface area (Å²) in [7, 11) is 2.98. The van der Waals surface area contributed by atoms with Gasteiger partial charge in [-0.1, -0.05) is 46.2 Å². The van der Waals surface area contributed by atoms with Crippen LogP contribution in [0, 0.1) is 24.7 Å². The standard InChI is InChI=1S/C34H49N5O7/c1-10-11-22(25(40)29(42)35-8)36-28(41)24-17-34(16-23(38-46-34)21-14-19(2)26(45-9)20(3)15-21)18-39(24)30(43)27(32(4,5)6)37-31(44)33(7)12-13-33/h14-15,22,24,27H,10-13,16-18H2,1-9H3,(H,35,42)(H,36,41)(H,37,44)/t22-,24-,27+,34+/m0/s1.